The molecule has 0 saturated carbocycles. The summed E-state index contributed by atoms with van der Waals surface area (Å²) in [6, 6.07) is 43.1. The monoisotopic (exact) mass is 738 g/mol. The Morgan fingerprint density at radius 1 is 0.389 bits per heavy atom. The molecule has 0 unspecified atom stereocenters. The molecule has 0 nitrogen and oxygen atoms in total. The van der Waals surface area contributed by atoms with E-state index in [2.05, 4.69) is 135 Å². The average Bonchev–Trinajstić information content (AvgIpc) is 2.88. The molecule has 0 aromatic heterocycles. The van der Waals surface area contributed by atoms with Gasteiger partial charge in [-0.15, -0.1) is 24.8 Å². The Hall–Kier alpha value is -0.355. The molecule has 36 heavy (non-hydrogen) atoms. The van der Waals surface area contributed by atoms with Gasteiger partial charge in [0.1, 0.15) is 0 Å². The summed E-state index contributed by atoms with van der Waals surface area (Å²) in [4.78, 5) is 0. The van der Waals surface area contributed by atoms with Gasteiger partial charge in [0.05, 0.1) is 0 Å². The molecule has 0 atom stereocenters. The Balaban J connectivity index is 0. The van der Waals surface area contributed by atoms with Crippen LogP contribution in [0.2, 0.25) is 0 Å². The summed E-state index contributed by atoms with van der Waals surface area (Å²) in [5.74, 6) is 0. The van der Waals surface area contributed by atoms with Crippen molar-refractivity contribution in [2.24, 2.45) is 0 Å². The van der Waals surface area contributed by atoms with Crippen LogP contribution in [0, 0.1) is 13.8 Å². The third-order valence-corrected chi connectivity index (χ3v) is 10.2. The van der Waals surface area contributed by atoms with Crippen LogP contribution in [-0.2, 0) is 40.8 Å². The molecule has 0 aliphatic carbocycles. The van der Waals surface area contributed by atoms with Crippen LogP contribution in [0.5, 0.6) is 0 Å². The van der Waals surface area contributed by atoms with Crippen molar-refractivity contribution in [3.8, 4) is 0 Å². The minimum atomic E-state index is -0.213. The van der Waals surface area contributed by atoms with E-state index in [0.29, 0.717) is 0 Å². The van der Waals surface area contributed by atoms with Gasteiger partial charge in [0.25, 0.3) is 0 Å². The molecule has 0 aliphatic heterocycles. The van der Waals surface area contributed by atoms with Crippen LogP contribution in [0.15, 0.2) is 121 Å². The van der Waals surface area contributed by atoms with Gasteiger partial charge in [-0.25, -0.2) is 0 Å². The molecule has 0 heterocycles. The van der Waals surface area contributed by atoms with E-state index in [0.717, 1.165) is 12.8 Å². The first kappa shape index (κ1) is 37.8. The molecule has 0 bridgehead atoms. The molecule has 4 rings (SSSR count). The largest absolute Gasteiger partial charge is 0.343 e. The van der Waals surface area contributed by atoms with Crippen LogP contribution >= 0.6 is 40.7 Å². The summed E-state index contributed by atoms with van der Waals surface area (Å²) in [5, 5.41) is 5.81. The number of hydrogen-bond acceptors (Lipinski definition) is 0. The van der Waals surface area contributed by atoms with Gasteiger partial charge in [0.2, 0.25) is 0 Å². The van der Waals surface area contributed by atoms with Crippen LogP contribution in [0.25, 0.3) is 0 Å². The zero-order valence-electron chi connectivity index (χ0n) is 20.1. The Morgan fingerprint density at radius 2 is 0.583 bits per heavy atom. The quantitative estimate of drug-likeness (QED) is 0.0997. The third kappa shape index (κ3) is 12.5. The van der Waals surface area contributed by atoms with Crippen molar-refractivity contribution in [1.82, 2.24) is 0 Å². The molecule has 4 aromatic carbocycles. The zero-order valence-corrected chi connectivity index (χ0v) is 26.7. The second-order valence-electron chi connectivity index (χ2n) is 7.35. The predicted octanol–water partition coefficient (Wildman–Crippen LogP) is 7.53. The minimum Gasteiger partial charge on any atom is -0.343 e. The summed E-state index contributed by atoms with van der Waals surface area (Å²) in [7, 11) is -0.427. The first-order chi connectivity index (χ1) is 15.8. The van der Waals surface area contributed by atoms with Crippen molar-refractivity contribution in [2.75, 3.05) is 12.3 Å². The van der Waals surface area contributed by atoms with Crippen LogP contribution in [0.4, 0.5) is 0 Å². The zero-order chi connectivity index (χ0) is 22.4. The fourth-order valence-corrected chi connectivity index (χ4v) is 7.95. The predicted molar refractivity (Wildman–Crippen MR) is 162 cm³/mol. The van der Waals surface area contributed by atoms with Crippen molar-refractivity contribution >= 4 is 61.9 Å². The van der Waals surface area contributed by atoms with E-state index in [1.54, 1.807) is 0 Å². The van der Waals surface area contributed by atoms with Crippen molar-refractivity contribution in [3.63, 3.8) is 0 Å². The molecule has 0 aliphatic rings. The topological polar surface area (TPSA) is 0 Å². The van der Waals surface area contributed by atoms with Gasteiger partial charge in [-0.2, -0.15) is 12.8 Å². The molecule has 0 spiro atoms. The van der Waals surface area contributed by atoms with Crippen LogP contribution < -0.4 is 21.2 Å². The second kappa shape index (κ2) is 22.6. The fourth-order valence-electron chi connectivity index (χ4n) is 3.56. The smallest absolute Gasteiger partial charge is 0 e. The van der Waals surface area contributed by atoms with E-state index >= 15 is 0 Å². The van der Waals surface area contributed by atoms with Gasteiger partial charge in [-0.3, -0.25) is 0 Å². The second-order valence-corrected chi connectivity index (χ2v) is 12.0. The average molecular weight is 740 g/mol. The van der Waals surface area contributed by atoms with Crippen LogP contribution in [0.1, 0.15) is 12.8 Å². The molecule has 0 N–H and O–H groups in total. The SMILES string of the molecule is Cl.Cl.[CH2-]CCP(c1ccccc1)c1ccccc1.[CH2-]CCP(c1ccccc1)c1ccccc1.[Pd].[Pd]. The first-order valence-corrected chi connectivity index (χ1v) is 14.2. The van der Waals surface area contributed by atoms with Crippen molar-refractivity contribution in [3.05, 3.63) is 135 Å². The molecule has 0 amide bonds. The Morgan fingerprint density at radius 3 is 0.750 bits per heavy atom. The molecule has 4 aromatic rings. The third-order valence-electron chi connectivity index (χ3n) is 5.03. The van der Waals surface area contributed by atoms with Gasteiger partial charge in [-0.05, 0) is 37.1 Å². The summed E-state index contributed by atoms with van der Waals surface area (Å²) in [6.07, 6.45) is 4.33. The van der Waals surface area contributed by atoms with Crippen molar-refractivity contribution in [2.45, 2.75) is 12.8 Å². The maximum absolute atomic E-state index is 3.99. The van der Waals surface area contributed by atoms with E-state index < -0.39 is 0 Å². The van der Waals surface area contributed by atoms with Gasteiger partial charge in [0.15, 0.2) is 0 Å². The van der Waals surface area contributed by atoms with E-state index in [-0.39, 0.29) is 81.5 Å². The van der Waals surface area contributed by atoms with Gasteiger partial charge < -0.3 is 13.8 Å². The summed E-state index contributed by atoms with van der Waals surface area (Å²) >= 11 is 0. The van der Waals surface area contributed by atoms with Crippen molar-refractivity contribution in [1.29, 1.82) is 0 Å². The Bertz CT molecular complexity index is 844. The molecule has 0 radical (unpaired) electrons. The standard InChI is InChI=1S/2C15H16P.2ClH.2Pd/c2*1-2-13-16(14-9-5-3-6-10-14)15-11-7-4-8-12-15;;;;/h2*3-12H,1-2,13H2;2*1H;;/q2*-1;;;;. The van der Waals surface area contributed by atoms with Gasteiger partial charge >= 0.3 is 0 Å². The van der Waals surface area contributed by atoms with Gasteiger partial charge in [-0.1, -0.05) is 134 Å². The molecular weight excluding hydrogens is 706 g/mol. The van der Waals surface area contributed by atoms with E-state index in [1.807, 2.05) is 0 Å². The summed E-state index contributed by atoms with van der Waals surface area (Å²) in [5.41, 5.74) is 0. The molecule has 200 valence electrons. The molecule has 0 saturated heterocycles. The van der Waals surface area contributed by atoms with Gasteiger partial charge in [0, 0.05) is 40.8 Å². The van der Waals surface area contributed by atoms with E-state index in [1.165, 1.54) is 33.5 Å². The Labute approximate surface area is 261 Å². The van der Waals surface area contributed by atoms with E-state index in [9.17, 15) is 0 Å². The normalized spacial score (nSPS) is 9.44. The Kier molecular flexibility index (Phi) is 23.7. The summed E-state index contributed by atoms with van der Waals surface area (Å²) < 4.78 is 0. The molecular formula is C30H34Cl2P2Pd2-2. The number of halogens is 2. The van der Waals surface area contributed by atoms with Crippen LogP contribution in [-0.4, -0.2) is 12.3 Å². The van der Waals surface area contributed by atoms with Crippen LogP contribution in [0.3, 0.4) is 0 Å². The van der Waals surface area contributed by atoms with E-state index in [4.69, 9.17) is 0 Å². The summed E-state index contributed by atoms with van der Waals surface area (Å²) in [6.45, 7) is 7.99. The number of rotatable bonds is 8. The maximum atomic E-state index is 3.99. The molecule has 0 fully saturated rings. The maximum Gasteiger partial charge on any atom is 0 e. The number of benzene rings is 4. The minimum absolute atomic E-state index is 0. The number of hydrogen-bond donors (Lipinski definition) is 0. The van der Waals surface area contributed by atoms with Crippen molar-refractivity contribution < 1.29 is 40.8 Å². The first-order valence-electron chi connectivity index (χ1n) is 11.2. The molecule has 6 heteroatoms. The fraction of sp³-hybridized carbons (Fsp3) is 0.133.